The normalized spacial score (nSPS) is 17.0. The number of hydrogen-bond donors (Lipinski definition) is 0. The molecule has 3 rings (SSSR count). The van der Waals surface area contributed by atoms with Gasteiger partial charge in [0.05, 0.1) is 12.9 Å². The van der Waals surface area contributed by atoms with Crippen molar-refractivity contribution >= 4 is 17.7 Å². The highest BCUT2D eigenvalue weighted by Crippen LogP contribution is 2.41. The monoisotopic (exact) mass is 357 g/mol. The molecule has 2 aromatic carbocycles. The van der Waals surface area contributed by atoms with Gasteiger partial charge in [0.15, 0.2) is 11.5 Å². The van der Waals surface area contributed by atoms with Crippen molar-refractivity contribution in [2.75, 3.05) is 19.4 Å². The average Bonchev–Trinajstić information content (AvgIpc) is 3.02. The lowest BCUT2D eigenvalue weighted by molar-refractivity contribution is -0.128. The van der Waals surface area contributed by atoms with Crippen LogP contribution in [0.15, 0.2) is 48.5 Å². The van der Waals surface area contributed by atoms with Gasteiger partial charge in [-0.05, 0) is 29.7 Å². The minimum Gasteiger partial charge on any atom is -0.493 e. The molecule has 1 fully saturated rings. The summed E-state index contributed by atoms with van der Waals surface area (Å²) in [7, 11) is 1.64. The Morgan fingerprint density at radius 1 is 1.16 bits per heavy atom. The molecule has 1 aliphatic heterocycles. The second-order valence-corrected chi connectivity index (χ2v) is 7.00. The third-order valence-corrected chi connectivity index (χ3v) is 5.40. The summed E-state index contributed by atoms with van der Waals surface area (Å²) in [5.74, 6) is 2.16. The van der Waals surface area contributed by atoms with Crippen LogP contribution in [0.2, 0.25) is 0 Å². The maximum Gasteiger partial charge on any atom is 0.233 e. The van der Waals surface area contributed by atoms with Crippen LogP contribution in [0.1, 0.15) is 29.8 Å². The first kappa shape index (κ1) is 17.7. The van der Waals surface area contributed by atoms with E-state index in [-0.39, 0.29) is 11.3 Å². The van der Waals surface area contributed by atoms with Gasteiger partial charge in [0, 0.05) is 6.54 Å². The van der Waals surface area contributed by atoms with Gasteiger partial charge in [-0.3, -0.25) is 4.79 Å². The van der Waals surface area contributed by atoms with E-state index < -0.39 is 0 Å². The molecular formula is C20H23NO3S. The predicted molar refractivity (Wildman–Crippen MR) is 101 cm³/mol. The third-order valence-electron chi connectivity index (χ3n) is 4.14. The molecule has 4 nitrogen and oxygen atoms in total. The summed E-state index contributed by atoms with van der Waals surface area (Å²) >= 11 is 1.67. The van der Waals surface area contributed by atoms with Crippen molar-refractivity contribution in [3.8, 4) is 11.5 Å². The third kappa shape index (κ3) is 4.10. The molecule has 1 atom stereocenters. The van der Waals surface area contributed by atoms with E-state index in [0.717, 1.165) is 24.1 Å². The van der Waals surface area contributed by atoms with E-state index in [0.29, 0.717) is 23.9 Å². The van der Waals surface area contributed by atoms with Gasteiger partial charge in [-0.25, -0.2) is 0 Å². The lowest BCUT2D eigenvalue weighted by atomic mass is 10.1. The number of thioether (sulfide) groups is 1. The predicted octanol–water partition coefficient (Wildman–Crippen LogP) is 4.26. The highest BCUT2D eigenvalue weighted by molar-refractivity contribution is 8.00. The molecule has 0 radical (unpaired) electrons. The Morgan fingerprint density at radius 2 is 1.96 bits per heavy atom. The Bertz CT molecular complexity index is 720. The first-order valence-corrected chi connectivity index (χ1v) is 9.53. The van der Waals surface area contributed by atoms with Crippen molar-refractivity contribution < 1.29 is 14.3 Å². The number of carbonyl (C=O) groups excluding carboxylic acids is 1. The van der Waals surface area contributed by atoms with Crippen molar-refractivity contribution in [1.82, 2.24) is 4.90 Å². The van der Waals surface area contributed by atoms with Gasteiger partial charge in [-0.1, -0.05) is 43.3 Å². The Morgan fingerprint density at radius 3 is 2.68 bits per heavy atom. The zero-order chi connectivity index (χ0) is 17.6. The van der Waals surface area contributed by atoms with Crippen molar-refractivity contribution in [2.24, 2.45) is 0 Å². The van der Waals surface area contributed by atoms with Crippen molar-refractivity contribution in [1.29, 1.82) is 0 Å². The van der Waals surface area contributed by atoms with E-state index in [1.807, 2.05) is 53.4 Å². The maximum absolute atomic E-state index is 12.1. The van der Waals surface area contributed by atoms with Crippen LogP contribution >= 0.6 is 11.8 Å². The first-order chi connectivity index (χ1) is 12.2. The van der Waals surface area contributed by atoms with Crippen LogP contribution in [0.3, 0.4) is 0 Å². The summed E-state index contributed by atoms with van der Waals surface area (Å²) in [6, 6.07) is 16.0. The fraction of sp³-hybridized carbons (Fsp3) is 0.350. The van der Waals surface area contributed by atoms with E-state index in [1.165, 1.54) is 0 Å². The maximum atomic E-state index is 12.1. The molecule has 0 spiro atoms. The number of ether oxygens (including phenoxy) is 2. The number of nitrogens with zero attached hydrogens (tertiary/aromatic N) is 1. The SMILES string of the molecule is CCCN1C(=O)CSC1c1ccc(OCc2ccccc2)c(OC)c1. The molecule has 0 bridgehead atoms. The molecule has 1 amide bonds. The molecule has 132 valence electrons. The van der Waals surface area contributed by atoms with Crippen LogP contribution in [0.4, 0.5) is 0 Å². The topological polar surface area (TPSA) is 38.8 Å². The zero-order valence-electron chi connectivity index (χ0n) is 14.6. The summed E-state index contributed by atoms with van der Waals surface area (Å²) in [6.45, 7) is 3.37. The number of benzene rings is 2. The average molecular weight is 357 g/mol. The molecule has 2 aromatic rings. The number of rotatable bonds is 7. The van der Waals surface area contributed by atoms with Crippen LogP contribution < -0.4 is 9.47 Å². The Labute approximate surface area is 153 Å². The van der Waals surface area contributed by atoms with E-state index in [1.54, 1.807) is 18.9 Å². The van der Waals surface area contributed by atoms with Crippen LogP contribution in [-0.4, -0.2) is 30.2 Å². The molecule has 0 aromatic heterocycles. The van der Waals surface area contributed by atoms with E-state index >= 15 is 0 Å². The molecule has 1 saturated heterocycles. The van der Waals surface area contributed by atoms with Gasteiger partial charge in [0.25, 0.3) is 0 Å². The summed E-state index contributed by atoms with van der Waals surface area (Å²) in [6.07, 6.45) is 0.957. The fourth-order valence-electron chi connectivity index (χ4n) is 2.91. The summed E-state index contributed by atoms with van der Waals surface area (Å²) in [5, 5.41) is 0.0597. The van der Waals surface area contributed by atoms with Gasteiger partial charge in [-0.2, -0.15) is 0 Å². The number of hydrogen-bond acceptors (Lipinski definition) is 4. The smallest absolute Gasteiger partial charge is 0.233 e. The number of carbonyl (C=O) groups is 1. The van der Waals surface area contributed by atoms with Crippen LogP contribution in [-0.2, 0) is 11.4 Å². The second kappa shape index (κ2) is 8.30. The lowest BCUT2D eigenvalue weighted by Crippen LogP contribution is -2.28. The molecule has 25 heavy (non-hydrogen) atoms. The van der Waals surface area contributed by atoms with Crippen molar-refractivity contribution in [3.05, 3.63) is 59.7 Å². The van der Waals surface area contributed by atoms with Crippen molar-refractivity contribution in [3.63, 3.8) is 0 Å². The molecule has 5 heteroatoms. The standard InChI is InChI=1S/C20H23NO3S/c1-3-11-21-19(22)14-25-20(21)16-9-10-17(18(12-16)23-2)24-13-15-7-5-4-6-8-15/h4-10,12,20H,3,11,13-14H2,1-2H3. The van der Waals surface area contributed by atoms with Crippen LogP contribution in [0, 0.1) is 0 Å². The molecule has 0 aliphatic carbocycles. The molecule has 1 heterocycles. The molecule has 0 saturated carbocycles. The molecule has 1 unspecified atom stereocenters. The van der Waals surface area contributed by atoms with Gasteiger partial charge in [0.2, 0.25) is 5.91 Å². The first-order valence-electron chi connectivity index (χ1n) is 8.48. The summed E-state index contributed by atoms with van der Waals surface area (Å²) < 4.78 is 11.4. The second-order valence-electron chi connectivity index (χ2n) is 5.94. The van der Waals surface area contributed by atoms with Crippen LogP contribution in [0.5, 0.6) is 11.5 Å². The van der Waals surface area contributed by atoms with E-state index in [2.05, 4.69) is 6.92 Å². The quantitative estimate of drug-likeness (QED) is 0.742. The highest BCUT2D eigenvalue weighted by atomic mass is 32.2. The Kier molecular flexibility index (Phi) is 5.87. The zero-order valence-corrected chi connectivity index (χ0v) is 15.4. The summed E-state index contributed by atoms with van der Waals surface area (Å²) in [5.41, 5.74) is 2.19. The molecule has 0 N–H and O–H groups in total. The van der Waals surface area contributed by atoms with Gasteiger partial charge < -0.3 is 14.4 Å². The Balaban J connectivity index is 1.76. The minimum absolute atomic E-state index is 0.0597. The van der Waals surface area contributed by atoms with E-state index in [9.17, 15) is 4.79 Å². The van der Waals surface area contributed by atoms with Gasteiger partial charge >= 0.3 is 0 Å². The molecular weight excluding hydrogens is 334 g/mol. The van der Waals surface area contributed by atoms with E-state index in [4.69, 9.17) is 9.47 Å². The number of methoxy groups -OCH3 is 1. The lowest BCUT2D eigenvalue weighted by Gasteiger charge is -2.24. The van der Waals surface area contributed by atoms with Crippen LogP contribution in [0.25, 0.3) is 0 Å². The number of amides is 1. The minimum atomic E-state index is 0.0597. The van der Waals surface area contributed by atoms with Crippen molar-refractivity contribution in [2.45, 2.75) is 25.3 Å². The van der Waals surface area contributed by atoms with Gasteiger partial charge in [0.1, 0.15) is 12.0 Å². The Hall–Kier alpha value is -2.14. The van der Waals surface area contributed by atoms with Gasteiger partial charge in [-0.15, -0.1) is 11.8 Å². The molecule has 1 aliphatic rings. The largest absolute Gasteiger partial charge is 0.493 e. The highest BCUT2D eigenvalue weighted by Gasteiger charge is 2.32. The summed E-state index contributed by atoms with van der Waals surface area (Å²) in [4.78, 5) is 14.0. The fourth-order valence-corrected chi connectivity index (χ4v) is 4.11.